The fourth-order valence-corrected chi connectivity index (χ4v) is 2.32. The summed E-state index contributed by atoms with van der Waals surface area (Å²) in [6.07, 6.45) is 0. The standard InChI is InChI=1S/C15H16ClN3O2/c1-19(10-5-3-6-11(9-10)21-2)13-8-4-7-12(16)14(13)15(17)18-20/h3-9,20H,1-2H3,(H2,17,18). The third kappa shape index (κ3) is 3.03. The summed E-state index contributed by atoms with van der Waals surface area (Å²) in [6, 6.07) is 12.9. The molecule has 0 radical (unpaired) electrons. The molecule has 0 amide bonds. The van der Waals surface area contributed by atoms with Crippen LogP contribution in [0.1, 0.15) is 5.56 Å². The molecule has 0 unspecified atom stereocenters. The van der Waals surface area contributed by atoms with Crippen molar-refractivity contribution in [1.82, 2.24) is 0 Å². The van der Waals surface area contributed by atoms with E-state index in [4.69, 9.17) is 27.3 Å². The van der Waals surface area contributed by atoms with Gasteiger partial charge in [-0.1, -0.05) is 28.9 Å². The van der Waals surface area contributed by atoms with E-state index in [1.807, 2.05) is 48.3 Å². The fraction of sp³-hybridized carbons (Fsp3) is 0.133. The van der Waals surface area contributed by atoms with Crippen LogP contribution in [0.3, 0.4) is 0 Å². The first-order valence-corrected chi connectivity index (χ1v) is 6.60. The number of methoxy groups -OCH3 is 1. The lowest BCUT2D eigenvalue weighted by Gasteiger charge is -2.23. The van der Waals surface area contributed by atoms with E-state index in [0.29, 0.717) is 10.6 Å². The van der Waals surface area contributed by atoms with Gasteiger partial charge in [0.05, 0.1) is 23.4 Å². The zero-order chi connectivity index (χ0) is 15.4. The van der Waals surface area contributed by atoms with Crippen molar-refractivity contribution in [2.75, 3.05) is 19.1 Å². The van der Waals surface area contributed by atoms with Gasteiger partial charge in [-0.3, -0.25) is 0 Å². The van der Waals surface area contributed by atoms with Crippen molar-refractivity contribution in [2.24, 2.45) is 10.9 Å². The second-order valence-corrected chi connectivity index (χ2v) is 4.79. The van der Waals surface area contributed by atoms with Crippen molar-refractivity contribution in [3.63, 3.8) is 0 Å². The van der Waals surface area contributed by atoms with Crippen molar-refractivity contribution in [1.29, 1.82) is 0 Å². The van der Waals surface area contributed by atoms with E-state index in [1.165, 1.54) is 0 Å². The Morgan fingerprint density at radius 2 is 2.00 bits per heavy atom. The maximum atomic E-state index is 8.94. The van der Waals surface area contributed by atoms with E-state index in [-0.39, 0.29) is 5.84 Å². The molecule has 2 aromatic rings. The first-order chi connectivity index (χ1) is 10.1. The summed E-state index contributed by atoms with van der Waals surface area (Å²) in [5, 5.41) is 12.4. The van der Waals surface area contributed by atoms with Gasteiger partial charge in [0, 0.05) is 18.8 Å². The Morgan fingerprint density at radius 3 is 2.67 bits per heavy atom. The van der Waals surface area contributed by atoms with Crippen LogP contribution < -0.4 is 15.4 Å². The highest BCUT2D eigenvalue weighted by Gasteiger charge is 2.16. The van der Waals surface area contributed by atoms with Crippen LogP contribution in [0.2, 0.25) is 5.02 Å². The van der Waals surface area contributed by atoms with E-state index in [1.54, 1.807) is 13.2 Å². The van der Waals surface area contributed by atoms with Gasteiger partial charge in [-0.05, 0) is 24.3 Å². The number of rotatable bonds is 4. The first kappa shape index (κ1) is 15.0. The highest BCUT2D eigenvalue weighted by atomic mass is 35.5. The van der Waals surface area contributed by atoms with Gasteiger partial charge in [0.25, 0.3) is 0 Å². The molecule has 0 aliphatic rings. The number of hydrogen-bond acceptors (Lipinski definition) is 4. The highest BCUT2D eigenvalue weighted by Crippen LogP contribution is 2.32. The number of nitrogens with zero attached hydrogens (tertiary/aromatic N) is 2. The van der Waals surface area contributed by atoms with Gasteiger partial charge in [-0.25, -0.2) is 0 Å². The zero-order valence-corrected chi connectivity index (χ0v) is 12.5. The van der Waals surface area contributed by atoms with Crippen LogP contribution in [0.4, 0.5) is 11.4 Å². The van der Waals surface area contributed by atoms with Crippen molar-refractivity contribution in [2.45, 2.75) is 0 Å². The summed E-state index contributed by atoms with van der Waals surface area (Å²) in [6.45, 7) is 0. The van der Waals surface area contributed by atoms with Gasteiger partial charge in [0.1, 0.15) is 5.75 Å². The third-order valence-corrected chi connectivity index (χ3v) is 3.47. The molecule has 3 N–H and O–H groups in total. The number of ether oxygens (including phenoxy) is 1. The number of benzene rings is 2. The average Bonchev–Trinajstić information content (AvgIpc) is 2.53. The molecular formula is C15H16ClN3O2. The minimum Gasteiger partial charge on any atom is -0.497 e. The second-order valence-electron chi connectivity index (χ2n) is 4.38. The zero-order valence-electron chi connectivity index (χ0n) is 11.7. The van der Waals surface area contributed by atoms with Crippen LogP contribution in [-0.4, -0.2) is 25.2 Å². The summed E-state index contributed by atoms with van der Waals surface area (Å²) in [5.74, 6) is 0.706. The Bertz CT molecular complexity index is 674. The molecule has 2 aromatic carbocycles. The van der Waals surface area contributed by atoms with Gasteiger partial charge >= 0.3 is 0 Å². The summed E-state index contributed by atoms with van der Waals surface area (Å²) in [7, 11) is 3.48. The molecule has 0 aromatic heterocycles. The second kappa shape index (κ2) is 6.37. The molecule has 5 nitrogen and oxygen atoms in total. The maximum absolute atomic E-state index is 8.94. The van der Waals surface area contributed by atoms with Crippen LogP contribution in [0.25, 0.3) is 0 Å². The molecule has 0 fully saturated rings. The van der Waals surface area contributed by atoms with Crippen molar-refractivity contribution >= 4 is 28.8 Å². The topological polar surface area (TPSA) is 71.1 Å². The monoisotopic (exact) mass is 305 g/mol. The SMILES string of the molecule is COc1cccc(N(C)c2cccc(Cl)c2C(N)=NO)c1. The average molecular weight is 306 g/mol. The molecule has 0 spiro atoms. The molecule has 0 heterocycles. The molecule has 0 saturated carbocycles. The minimum absolute atomic E-state index is 0.0367. The molecule has 0 atom stereocenters. The number of nitrogens with two attached hydrogens (primary N) is 1. The van der Waals surface area contributed by atoms with Gasteiger partial charge in [-0.2, -0.15) is 0 Å². The Kier molecular flexibility index (Phi) is 4.55. The molecule has 0 saturated heterocycles. The summed E-state index contributed by atoms with van der Waals surface area (Å²) in [5.41, 5.74) is 7.83. The summed E-state index contributed by atoms with van der Waals surface area (Å²) < 4.78 is 5.22. The molecule has 0 bridgehead atoms. The number of oxime groups is 1. The molecule has 21 heavy (non-hydrogen) atoms. The van der Waals surface area contributed by atoms with E-state index in [2.05, 4.69) is 5.16 Å². The molecule has 110 valence electrons. The predicted molar refractivity (Wildman–Crippen MR) is 85.0 cm³/mol. The normalized spacial score (nSPS) is 11.3. The lowest BCUT2D eigenvalue weighted by molar-refractivity contribution is 0.318. The maximum Gasteiger partial charge on any atom is 0.173 e. The van der Waals surface area contributed by atoms with E-state index in [0.717, 1.165) is 17.1 Å². The molecule has 0 aliphatic carbocycles. The van der Waals surface area contributed by atoms with Gasteiger partial charge in [-0.15, -0.1) is 0 Å². The van der Waals surface area contributed by atoms with Crippen molar-refractivity contribution in [3.05, 3.63) is 53.1 Å². The number of hydrogen-bond donors (Lipinski definition) is 2. The van der Waals surface area contributed by atoms with Crippen LogP contribution in [0, 0.1) is 0 Å². The smallest absolute Gasteiger partial charge is 0.173 e. The number of halogens is 1. The summed E-state index contributed by atoms with van der Waals surface area (Å²) in [4.78, 5) is 1.89. The van der Waals surface area contributed by atoms with Crippen LogP contribution in [0.5, 0.6) is 5.75 Å². The number of anilines is 2. The van der Waals surface area contributed by atoms with E-state index >= 15 is 0 Å². The molecular weight excluding hydrogens is 290 g/mol. The van der Waals surface area contributed by atoms with E-state index < -0.39 is 0 Å². The van der Waals surface area contributed by atoms with Crippen LogP contribution in [0.15, 0.2) is 47.6 Å². The highest BCUT2D eigenvalue weighted by molar-refractivity contribution is 6.35. The Morgan fingerprint density at radius 1 is 1.29 bits per heavy atom. The molecule has 0 aliphatic heterocycles. The minimum atomic E-state index is -0.0367. The lowest BCUT2D eigenvalue weighted by Crippen LogP contribution is -2.20. The first-order valence-electron chi connectivity index (χ1n) is 6.22. The van der Waals surface area contributed by atoms with Gasteiger partial charge in [0.15, 0.2) is 5.84 Å². The van der Waals surface area contributed by atoms with Crippen LogP contribution in [-0.2, 0) is 0 Å². The largest absolute Gasteiger partial charge is 0.497 e. The van der Waals surface area contributed by atoms with Crippen LogP contribution >= 0.6 is 11.6 Å². The fourth-order valence-electron chi connectivity index (χ4n) is 2.05. The quantitative estimate of drug-likeness (QED) is 0.394. The molecule has 2 rings (SSSR count). The third-order valence-electron chi connectivity index (χ3n) is 3.16. The van der Waals surface area contributed by atoms with Gasteiger partial charge < -0.3 is 20.6 Å². The lowest BCUT2D eigenvalue weighted by atomic mass is 10.1. The van der Waals surface area contributed by atoms with Crippen molar-refractivity contribution < 1.29 is 9.94 Å². The summed E-state index contributed by atoms with van der Waals surface area (Å²) >= 11 is 6.17. The predicted octanol–water partition coefficient (Wildman–Crippen LogP) is 3.21. The Labute approximate surface area is 128 Å². The van der Waals surface area contributed by atoms with Gasteiger partial charge in [0.2, 0.25) is 0 Å². The Hall–Kier alpha value is -2.40. The van der Waals surface area contributed by atoms with E-state index in [9.17, 15) is 0 Å². The molecule has 6 heteroatoms. The van der Waals surface area contributed by atoms with Crippen molar-refractivity contribution in [3.8, 4) is 5.75 Å². The number of amidine groups is 1. The Balaban J connectivity index is 2.53.